The zero-order chi connectivity index (χ0) is 19.2. The number of nitrogens with zero attached hydrogens (tertiary/aromatic N) is 1. The lowest BCUT2D eigenvalue weighted by Gasteiger charge is -2.47. The Hall–Kier alpha value is -2.34. The first-order valence-electron chi connectivity index (χ1n) is 9.43. The summed E-state index contributed by atoms with van der Waals surface area (Å²) in [6.45, 7) is 6.45. The summed E-state index contributed by atoms with van der Waals surface area (Å²) >= 11 is 0. The number of hydrogen-bond acceptors (Lipinski definition) is 5. The molecule has 2 unspecified atom stereocenters. The van der Waals surface area contributed by atoms with Gasteiger partial charge in [0, 0.05) is 11.3 Å². The molecule has 2 aliphatic heterocycles. The van der Waals surface area contributed by atoms with E-state index in [1.54, 1.807) is 11.2 Å². The number of rotatable bonds is 2. The van der Waals surface area contributed by atoms with Crippen LogP contribution in [0.15, 0.2) is 34.9 Å². The van der Waals surface area contributed by atoms with Crippen LogP contribution in [0, 0.1) is 5.92 Å². The molecule has 1 aromatic heterocycles. The summed E-state index contributed by atoms with van der Waals surface area (Å²) < 4.78 is 16.8. The molecule has 1 aromatic carbocycles. The highest BCUT2D eigenvalue weighted by atomic mass is 16.6. The van der Waals surface area contributed by atoms with Gasteiger partial charge in [-0.3, -0.25) is 9.69 Å². The Morgan fingerprint density at radius 2 is 1.78 bits per heavy atom. The summed E-state index contributed by atoms with van der Waals surface area (Å²) in [4.78, 5) is 27.6. The molecule has 2 atom stereocenters. The van der Waals surface area contributed by atoms with E-state index in [-0.39, 0.29) is 29.9 Å². The largest absolute Gasteiger partial charge is 0.464 e. The van der Waals surface area contributed by atoms with Crippen molar-refractivity contribution < 1.29 is 23.5 Å². The molecule has 0 spiro atoms. The summed E-state index contributed by atoms with van der Waals surface area (Å²) in [5.74, 6) is -0.0655. The molecule has 4 rings (SSSR count). The Labute approximate surface area is 158 Å². The predicted octanol–water partition coefficient (Wildman–Crippen LogP) is 4.03. The molecule has 2 fully saturated rings. The summed E-state index contributed by atoms with van der Waals surface area (Å²) in [7, 11) is 0. The van der Waals surface area contributed by atoms with Gasteiger partial charge >= 0.3 is 6.09 Å². The van der Waals surface area contributed by atoms with Gasteiger partial charge in [0.1, 0.15) is 17.4 Å². The molecule has 2 aromatic rings. The predicted molar refractivity (Wildman–Crippen MR) is 99.7 cm³/mol. The number of ketones is 1. The second kappa shape index (κ2) is 6.68. The maximum atomic E-state index is 13.2. The third kappa shape index (κ3) is 3.46. The average molecular weight is 371 g/mol. The Morgan fingerprint density at radius 1 is 1.11 bits per heavy atom. The van der Waals surface area contributed by atoms with E-state index in [0.29, 0.717) is 31.6 Å². The fourth-order valence-electron chi connectivity index (χ4n) is 4.13. The number of ether oxygens (including phenoxy) is 2. The SMILES string of the molecule is CC(C)(C)OC(=O)N1C2COCC1CC(C(=O)c1coc3ccccc13)C2. The Kier molecular flexibility index (Phi) is 4.46. The van der Waals surface area contributed by atoms with Crippen LogP contribution in [-0.2, 0) is 9.47 Å². The van der Waals surface area contributed by atoms with Crippen molar-refractivity contribution in [1.82, 2.24) is 4.90 Å². The highest BCUT2D eigenvalue weighted by Gasteiger charge is 2.45. The van der Waals surface area contributed by atoms with Gasteiger partial charge in [0.2, 0.25) is 0 Å². The topological polar surface area (TPSA) is 69.0 Å². The minimum atomic E-state index is -0.547. The van der Waals surface area contributed by atoms with Gasteiger partial charge < -0.3 is 13.9 Å². The van der Waals surface area contributed by atoms with Crippen molar-refractivity contribution >= 4 is 22.8 Å². The zero-order valence-electron chi connectivity index (χ0n) is 15.9. The molecule has 0 saturated carbocycles. The second-order valence-electron chi connectivity index (χ2n) is 8.41. The van der Waals surface area contributed by atoms with Crippen LogP contribution in [0.3, 0.4) is 0 Å². The van der Waals surface area contributed by atoms with Gasteiger partial charge in [-0.1, -0.05) is 18.2 Å². The highest BCUT2D eigenvalue weighted by Crippen LogP contribution is 2.36. The number of carbonyl (C=O) groups is 2. The van der Waals surface area contributed by atoms with E-state index >= 15 is 0 Å². The van der Waals surface area contributed by atoms with E-state index in [0.717, 1.165) is 11.0 Å². The van der Waals surface area contributed by atoms with Gasteiger partial charge in [-0.15, -0.1) is 0 Å². The van der Waals surface area contributed by atoms with Gasteiger partial charge in [0.25, 0.3) is 0 Å². The first-order valence-corrected chi connectivity index (χ1v) is 9.43. The van der Waals surface area contributed by atoms with Gasteiger partial charge in [-0.05, 0) is 39.7 Å². The first kappa shape index (κ1) is 18.0. The Bertz CT molecular complexity index is 851. The summed E-state index contributed by atoms with van der Waals surface area (Å²) in [5.41, 5.74) is 0.796. The fraction of sp³-hybridized carbons (Fsp3) is 0.524. The second-order valence-corrected chi connectivity index (χ2v) is 8.41. The molecule has 6 heteroatoms. The molecule has 2 aliphatic rings. The average Bonchev–Trinajstić information content (AvgIpc) is 3.02. The van der Waals surface area contributed by atoms with Crippen LogP contribution >= 0.6 is 0 Å². The number of hydrogen-bond donors (Lipinski definition) is 0. The van der Waals surface area contributed by atoms with Crippen molar-refractivity contribution in [3.05, 3.63) is 36.1 Å². The first-order chi connectivity index (χ1) is 12.8. The van der Waals surface area contributed by atoms with Gasteiger partial charge in [-0.25, -0.2) is 4.79 Å². The van der Waals surface area contributed by atoms with Crippen LogP contribution < -0.4 is 0 Å². The molecular weight excluding hydrogens is 346 g/mol. The van der Waals surface area contributed by atoms with Crippen LogP contribution in [-0.4, -0.2) is 47.7 Å². The maximum absolute atomic E-state index is 13.2. The molecule has 1 amide bonds. The smallest absolute Gasteiger partial charge is 0.410 e. The van der Waals surface area contributed by atoms with Crippen LogP contribution in [0.5, 0.6) is 0 Å². The number of furan rings is 1. The van der Waals surface area contributed by atoms with E-state index in [1.165, 1.54) is 0 Å². The third-order valence-corrected chi connectivity index (χ3v) is 5.24. The number of amides is 1. The molecular formula is C21H25NO5. The van der Waals surface area contributed by atoms with Crippen molar-refractivity contribution in [2.45, 2.75) is 51.3 Å². The van der Waals surface area contributed by atoms with Gasteiger partial charge in [0.05, 0.1) is 30.9 Å². The van der Waals surface area contributed by atoms with E-state index in [2.05, 4.69) is 0 Å². The molecule has 2 bridgehead atoms. The minimum Gasteiger partial charge on any atom is -0.464 e. The number of benzene rings is 1. The van der Waals surface area contributed by atoms with E-state index in [4.69, 9.17) is 13.9 Å². The highest BCUT2D eigenvalue weighted by molar-refractivity contribution is 6.08. The number of morpholine rings is 1. The van der Waals surface area contributed by atoms with Gasteiger partial charge in [0.15, 0.2) is 5.78 Å². The van der Waals surface area contributed by atoms with E-state index in [9.17, 15) is 9.59 Å². The lowest BCUT2D eigenvalue weighted by Crippen LogP contribution is -2.60. The lowest BCUT2D eigenvalue weighted by atomic mass is 9.81. The summed E-state index contributed by atoms with van der Waals surface area (Å²) in [6, 6.07) is 7.29. The van der Waals surface area contributed by atoms with Crippen molar-refractivity contribution in [3.63, 3.8) is 0 Å². The molecule has 27 heavy (non-hydrogen) atoms. The minimum absolute atomic E-state index is 0.0840. The quantitative estimate of drug-likeness (QED) is 0.746. The standard InChI is InChI=1S/C21H25NO5/c1-21(2,3)27-20(24)22-14-8-13(9-15(22)11-25-10-14)19(23)17-12-26-18-7-5-4-6-16(17)18/h4-7,12-15H,8-11H2,1-3H3. The molecule has 2 saturated heterocycles. The van der Waals surface area contributed by atoms with Crippen LogP contribution in [0.25, 0.3) is 11.0 Å². The number of fused-ring (bicyclic) bond motifs is 3. The van der Waals surface area contributed by atoms with Crippen molar-refractivity contribution in [2.75, 3.05) is 13.2 Å². The number of carbonyl (C=O) groups excluding carboxylic acids is 2. The van der Waals surface area contributed by atoms with Crippen LogP contribution in [0.2, 0.25) is 0 Å². The fourth-order valence-corrected chi connectivity index (χ4v) is 4.13. The number of piperidine rings is 1. The molecule has 0 N–H and O–H groups in total. The molecule has 6 nitrogen and oxygen atoms in total. The molecule has 3 heterocycles. The monoisotopic (exact) mass is 371 g/mol. The Balaban J connectivity index is 1.54. The summed E-state index contributed by atoms with van der Waals surface area (Å²) in [6.07, 6.45) is 2.39. The van der Waals surface area contributed by atoms with Crippen LogP contribution in [0.4, 0.5) is 4.79 Å². The van der Waals surface area contributed by atoms with E-state index in [1.807, 2.05) is 45.0 Å². The molecule has 144 valence electrons. The zero-order valence-corrected chi connectivity index (χ0v) is 15.9. The van der Waals surface area contributed by atoms with E-state index < -0.39 is 5.60 Å². The number of Topliss-reactive ketones (excluding diaryl/α,β-unsaturated/α-hetero) is 1. The maximum Gasteiger partial charge on any atom is 0.410 e. The molecule has 0 aliphatic carbocycles. The van der Waals surface area contributed by atoms with Gasteiger partial charge in [-0.2, -0.15) is 0 Å². The van der Waals surface area contributed by atoms with Crippen molar-refractivity contribution in [3.8, 4) is 0 Å². The normalized spacial score (nSPS) is 25.4. The van der Waals surface area contributed by atoms with Crippen LogP contribution in [0.1, 0.15) is 44.0 Å². The number of para-hydroxylation sites is 1. The van der Waals surface area contributed by atoms with Crippen molar-refractivity contribution in [2.24, 2.45) is 5.92 Å². The Morgan fingerprint density at radius 3 is 2.44 bits per heavy atom. The summed E-state index contributed by atoms with van der Waals surface area (Å²) in [5, 5.41) is 0.846. The van der Waals surface area contributed by atoms with Crippen molar-refractivity contribution in [1.29, 1.82) is 0 Å². The third-order valence-electron chi connectivity index (χ3n) is 5.24. The molecule has 0 radical (unpaired) electrons. The lowest BCUT2D eigenvalue weighted by molar-refractivity contribution is -0.0861.